The predicted molar refractivity (Wildman–Crippen MR) is 79.9 cm³/mol. The Morgan fingerprint density at radius 3 is 2.05 bits per heavy atom. The van der Waals surface area contributed by atoms with E-state index in [9.17, 15) is 20.2 Å². The number of nitrogens with one attached hydrogen (secondary N) is 1. The van der Waals surface area contributed by atoms with Gasteiger partial charge in [0.05, 0.1) is 15.5 Å². The van der Waals surface area contributed by atoms with E-state index in [1.54, 1.807) is 24.3 Å². The van der Waals surface area contributed by atoms with Gasteiger partial charge in [0, 0.05) is 29.8 Å². The van der Waals surface area contributed by atoms with Crippen molar-refractivity contribution in [2.45, 2.75) is 0 Å². The fourth-order valence-electron chi connectivity index (χ4n) is 1.78. The van der Waals surface area contributed by atoms with Gasteiger partial charge in [-0.3, -0.25) is 20.2 Å². The summed E-state index contributed by atoms with van der Waals surface area (Å²) < 4.78 is 0. The Kier molecular flexibility index (Phi) is 4.33. The van der Waals surface area contributed by atoms with Gasteiger partial charge in [-0.2, -0.15) is 5.11 Å². The van der Waals surface area contributed by atoms with Gasteiger partial charge < -0.3 is 0 Å². The zero-order valence-electron chi connectivity index (χ0n) is 11.2. The quantitative estimate of drug-likeness (QED) is 0.381. The minimum Gasteiger partial charge on any atom is -0.258 e. The molecular weight excluding hydrogens is 288 g/mol. The Morgan fingerprint density at radius 2 is 1.50 bits per heavy atom. The molecule has 0 fully saturated rings. The smallest absolute Gasteiger partial charge is 0.258 e. The van der Waals surface area contributed by atoms with E-state index >= 15 is 0 Å². The number of non-ortho nitro benzene ring substituents is 2. The van der Waals surface area contributed by atoms with Gasteiger partial charge in [-0.25, -0.2) is 5.53 Å². The highest BCUT2D eigenvalue weighted by atomic mass is 16.6. The molecule has 0 saturated heterocycles. The maximum Gasteiger partial charge on any atom is 0.270 e. The van der Waals surface area contributed by atoms with Crippen LogP contribution >= 0.6 is 0 Å². The molecule has 2 rings (SSSR count). The first-order valence-electron chi connectivity index (χ1n) is 6.09. The van der Waals surface area contributed by atoms with Crippen LogP contribution < -0.4 is 0 Å². The van der Waals surface area contributed by atoms with Crippen LogP contribution in [0.25, 0.3) is 12.2 Å². The van der Waals surface area contributed by atoms with Crippen LogP contribution in [0.15, 0.2) is 47.6 Å². The summed E-state index contributed by atoms with van der Waals surface area (Å²) in [5.74, 6) is 0. The number of nitro benzene ring substituents is 2. The first-order valence-corrected chi connectivity index (χ1v) is 6.09. The molecule has 0 amide bonds. The lowest BCUT2D eigenvalue weighted by Gasteiger charge is -1.99. The first kappa shape index (κ1) is 15.0. The van der Waals surface area contributed by atoms with Gasteiger partial charge in [-0.05, 0) is 23.8 Å². The topological polar surface area (TPSA) is 122 Å². The lowest BCUT2D eigenvalue weighted by atomic mass is 10.1. The molecule has 0 heterocycles. The van der Waals surface area contributed by atoms with E-state index < -0.39 is 9.85 Å². The summed E-state index contributed by atoms with van der Waals surface area (Å²) in [5, 5.41) is 24.6. The van der Waals surface area contributed by atoms with Crippen LogP contribution in [0.5, 0.6) is 0 Å². The van der Waals surface area contributed by atoms with Crippen LogP contribution in [0, 0.1) is 25.8 Å². The van der Waals surface area contributed by atoms with Gasteiger partial charge in [-0.1, -0.05) is 12.2 Å². The molecule has 0 aliphatic carbocycles. The summed E-state index contributed by atoms with van der Waals surface area (Å²) in [6.07, 6.45) is 3.21. The summed E-state index contributed by atoms with van der Waals surface area (Å²) in [6.45, 7) is 0. The highest BCUT2D eigenvalue weighted by Crippen LogP contribution is 2.26. The average molecular weight is 298 g/mol. The molecule has 0 saturated carbocycles. The van der Waals surface area contributed by atoms with Crippen molar-refractivity contribution in [3.05, 3.63) is 73.8 Å². The summed E-state index contributed by atoms with van der Waals surface area (Å²) in [5.41, 5.74) is 8.35. The van der Waals surface area contributed by atoms with E-state index in [1.165, 1.54) is 30.3 Å². The van der Waals surface area contributed by atoms with Crippen molar-refractivity contribution in [1.29, 1.82) is 5.53 Å². The predicted octanol–water partition coefficient (Wildman–Crippen LogP) is 4.34. The molecule has 0 radical (unpaired) electrons. The molecular formula is C14H10N4O4. The number of hydrogen-bond donors (Lipinski definition) is 1. The largest absolute Gasteiger partial charge is 0.270 e. The van der Waals surface area contributed by atoms with Crippen molar-refractivity contribution < 1.29 is 9.85 Å². The van der Waals surface area contributed by atoms with Crippen LogP contribution in [0.2, 0.25) is 0 Å². The van der Waals surface area contributed by atoms with Crippen LogP contribution in [0.4, 0.5) is 17.1 Å². The normalized spacial score (nSPS) is 10.5. The Hall–Kier alpha value is -3.42. The second-order valence-corrected chi connectivity index (χ2v) is 4.29. The molecule has 0 aromatic heterocycles. The van der Waals surface area contributed by atoms with Gasteiger partial charge in [0.25, 0.3) is 11.4 Å². The highest BCUT2D eigenvalue weighted by Gasteiger charge is 2.09. The monoisotopic (exact) mass is 298 g/mol. The number of nitro groups is 2. The number of hydrogen-bond acceptors (Lipinski definition) is 6. The molecule has 0 aliphatic rings. The standard InChI is InChI=1S/C14H10N4O4/c15-16-14-8-7-13(18(21)22)9-11(14)4-1-10-2-5-12(6-3-10)17(19)20/h1-9,15H. The Labute approximate surface area is 124 Å². The Bertz CT molecular complexity index is 769. The number of benzene rings is 2. The van der Waals surface area contributed by atoms with Crippen molar-refractivity contribution in [3.63, 3.8) is 0 Å². The maximum atomic E-state index is 10.8. The molecule has 8 heteroatoms. The van der Waals surface area contributed by atoms with Crippen molar-refractivity contribution in [1.82, 2.24) is 0 Å². The zero-order valence-corrected chi connectivity index (χ0v) is 11.2. The average Bonchev–Trinajstić information content (AvgIpc) is 2.52. The highest BCUT2D eigenvalue weighted by molar-refractivity contribution is 5.76. The molecule has 2 aromatic carbocycles. The number of nitrogens with zero attached hydrogens (tertiary/aromatic N) is 3. The van der Waals surface area contributed by atoms with Crippen LogP contribution in [-0.4, -0.2) is 9.85 Å². The molecule has 0 bridgehead atoms. The summed E-state index contributed by atoms with van der Waals surface area (Å²) in [7, 11) is 0. The first-order chi connectivity index (χ1) is 10.5. The Balaban J connectivity index is 2.32. The van der Waals surface area contributed by atoms with E-state index in [2.05, 4.69) is 5.11 Å². The van der Waals surface area contributed by atoms with Crippen molar-refractivity contribution in [2.24, 2.45) is 5.11 Å². The number of rotatable bonds is 5. The van der Waals surface area contributed by atoms with Crippen LogP contribution in [0.1, 0.15) is 11.1 Å². The van der Waals surface area contributed by atoms with E-state index in [0.29, 0.717) is 16.8 Å². The van der Waals surface area contributed by atoms with E-state index in [4.69, 9.17) is 5.53 Å². The van der Waals surface area contributed by atoms with Crippen molar-refractivity contribution >= 4 is 29.2 Å². The second kappa shape index (κ2) is 6.35. The second-order valence-electron chi connectivity index (χ2n) is 4.29. The van der Waals surface area contributed by atoms with Gasteiger partial charge in [-0.15, -0.1) is 0 Å². The van der Waals surface area contributed by atoms with Crippen molar-refractivity contribution in [2.75, 3.05) is 0 Å². The van der Waals surface area contributed by atoms with Crippen LogP contribution in [-0.2, 0) is 0 Å². The van der Waals surface area contributed by atoms with Gasteiger partial charge in [0.15, 0.2) is 0 Å². The third-order valence-corrected chi connectivity index (χ3v) is 2.90. The molecule has 2 aromatic rings. The molecule has 8 nitrogen and oxygen atoms in total. The van der Waals surface area contributed by atoms with Gasteiger partial charge >= 0.3 is 0 Å². The zero-order chi connectivity index (χ0) is 16.1. The fraction of sp³-hybridized carbons (Fsp3) is 0. The van der Waals surface area contributed by atoms with Gasteiger partial charge in [0.1, 0.15) is 0 Å². The molecule has 0 spiro atoms. The van der Waals surface area contributed by atoms with E-state index in [0.717, 1.165) is 0 Å². The molecule has 0 atom stereocenters. The van der Waals surface area contributed by atoms with Crippen LogP contribution in [0.3, 0.4) is 0 Å². The third kappa shape index (κ3) is 3.37. The fourth-order valence-corrected chi connectivity index (χ4v) is 1.78. The van der Waals surface area contributed by atoms with Crippen molar-refractivity contribution in [3.8, 4) is 0 Å². The third-order valence-electron chi connectivity index (χ3n) is 2.90. The van der Waals surface area contributed by atoms with E-state index in [1.807, 2.05) is 0 Å². The lowest BCUT2D eigenvalue weighted by molar-refractivity contribution is -0.385. The molecule has 0 aliphatic heterocycles. The Morgan fingerprint density at radius 1 is 0.909 bits per heavy atom. The summed E-state index contributed by atoms with van der Waals surface area (Å²) in [6, 6.07) is 9.82. The maximum absolute atomic E-state index is 10.8. The molecule has 1 N–H and O–H groups in total. The lowest BCUT2D eigenvalue weighted by Crippen LogP contribution is -1.88. The minimum atomic E-state index is -0.531. The van der Waals surface area contributed by atoms with E-state index in [-0.39, 0.29) is 11.4 Å². The minimum absolute atomic E-state index is 0.0191. The summed E-state index contributed by atoms with van der Waals surface area (Å²) in [4.78, 5) is 20.3. The SMILES string of the molecule is N=Nc1ccc([N+](=O)[O-])cc1C=Cc1ccc([N+](=O)[O-])cc1. The summed E-state index contributed by atoms with van der Waals surface area (Å²) >= 11 is 0. The molecule has 0 unspecified atom stereocenters. The molecule has 110 valence electrons. The molecule has 22 heavy (non-hydrogen) atoms. The van der Waals surface area contributed by atoms with Gasteiger partial charge in [0.2, 0.25) is 0 Å².